The van der Waals surface area contributed by atoms with Gasteiger partial charge in [-0.25, -0.2) is 0 Å². The predicted molar refractivity (Wildman–Crippen MR) is 116 cm³/mol. The summed E-state index contributed by atoms with van der Waals surface area (Å²) in [5, 5.41) is 1.13. The molecule has 1 aliphatic heterocycles. The van der Waals surface area contributed by atoms with Crippen LogP contribution in [0.3, 0.4) is 0 Å². The molecule has 1 aromatic heterocycles. The molecule has 0 saturated carbocycles. The maximum Gasteiger partial charge on any atom is 0.246 e. The van der Waals surface area contributed by atoms with E-state index >= 15 is 0 Å². The molecule has 0 bridgehead atoms. The minimum atomic E-state index is -0.271. The lowest BCUT2D eigenvalue weighted by Gasteiger charge is -2.30. The van der Waals surface area contributed by atoms with Crippen LogP contribution in [0.15, 0.2) is 22.6 Å². The van der Waals surface area contributed by atoms with E-state index in [-0.39, 0.29) is 17.7 Å². The van der Waals surface area contributed by atoms with Gasteiger partial charge in [-0.15, -0.1) is 0 Å². The topological polar surface area (TPSA) is 85.8 Å². The number of amides is 2. The van der Waals surface area contributed by atoms with E-state index in [0.29, 0.717) is 32.5 Å². The molecule has 160 valence electrons. The highest BCUT2D eigenvalue weighted by Gasteiger charge is 2.25. The molecule has 1 aromatic carbocycles. The van der Waals surface area contributed by atoms with Crippen LogP contribution < -0.4 is 10.5 Å². The molecule has 6 heteroatoms. The zero-order chi connectivity index (χ0) is 21.3. The number of benzene rings is 1. The number of likely N-dealkylation sites (tertiary alicyclic amines) is 1. The molecular weight excluding hydrogens is 380 g/mol. The fraction of sp³-hybridized carbons (Fsp3) is 0.500. The smallest absolute Gasteiger partial charge is 0.246 e. The van der Waals surface area contributed by atoms with Crippen LogP contribution >= 0.6 is 0 Å². The van der Waals surface area contributed by atoms with Crippen LogP contribution in [0.25, 0.3) is 16.5 Å². The molecule has 4 rings (SSSR count). The van der Waals surface area contributed by atoms with Crippen molar-refractivity contribution in [1.82, 2.24) is 4.90 Å². The third-order valence-electron chi connectivity index (χ3n) is 6.33. The van der Waals surface area contributed by atoms with Crippen molar-refractivity contribution in [2.24, 2.45) is 11.7 Å². The Bertz CT molecular complexity index is 996. The minimum Gasteiger partial charge on any atom is -0.493 e. The Morgan fingerprint density at radius 3 is 2.67 bits per heavy atom. The zero-order valence-corrected chi connectivity index (χ0v) is 17.8. The second kappa shape index (κ2) is 8.54. The Labute approximate surface area is 177 Å². The van der Waals surface area contributed by atoms with Gasteiger partial charge in [-0.2, -0.15) is 0 Å². The van der Waals surface area contributed by atoms with E-state index in [0.717, 1.165) is 52.9 Å². The van der Waals surface area contributed by atoms with Crippen LogP contribution in [-0.4, -0.2) is 36.4 Å². The number of carbonyl (C=O) groups is 2. The first-order chi connectivity index (χ1) is 14.5. The van der Waals surface area contributed by atoms with Gasteiger partial charge < -0.3 is 19.8 Å². The van der Waals surface area contributed by atoms with Gasteiger partial charge >= 0.3 is 0 Å². The van der Waals surface area contributed by atoms with Gasteiger partial charge in [0.25, 0.3) is 0 Å². The summed E-state index contributed by atoms with van der Waals surface area (Å²) < 4.78 is 12.0. The van der Waals surface area contributed by atoms with Crippen molar-refractivity contribution in [2.75, 3.05) is 19.7 Å². The summed E-state index contributed by atoms with van der Waals surface area (Å²) in [5.74, 6) is 1.40. The number of allylic oxidation sites excluding steroid dienone is 1. The van der Waals surface area contributed by atoms with Gasteiger partial charge in [0.2, 0.25) is 11.8 Å². The van der Waals surface area contributed by atoms with Crippen molar-refractivity contribution in [2.45, 2.75) is 52.4 Å². The van der Waals surface area contributed by atoms with Crippen LogP contribution in [0.5, 0.6) is 5.75 Å². The van der Waals surface area contributed by atoms with Crippen molar-refractivity contribution >= 4 is 28.4 Å². The summed E-state index contributed by atoms with van der Waals surface area (Å²) in [5.41, 5.74) is 9.36. The van der Waals surface area contributed by atoms with Gasteiger partial charge in [0.1, 0.15) is 17.1 Å². The average Bonchev–Trinajstić information content (AvgIpc) is 3.10. The van der Waals surface area contributed by atoms with Crippen LogP contribution in [0, 0.1) is 5.92 Å². The standard InChI is InChI=1S/C24H30N2O4/c1-3-29-21-14-22-19(17-6-4-5-7-20(17)30-22)13-18(21)15(2)12-23(27)26-10-8-16(9-11-26)24(25)28/h12-14,16H,3-11H2,1-2H3,(H2,25,28)/b15-12+. The molecule has 2 heterocycles. The Hall–Kier alpha value is -2.76. The number of aryl methyl sites for hydroxylation is 2. The maximum absolute atomic E-state index is 12.8. The van der Waals surface area contributed by atoms with E-state index in [1.807, 2.05) is 19.9 Å². The SMILES string of the molecule is CCOc1cc2oc3c(c2cc1/C(C)=C/C(=O)N1CCC(C(N)=O)CC1)CCCC3. The zero-order valence-electron chi connectivity index (χ0n) is 17.8. The number of primary amides is 1. The number of furan rings is 1. The largest absolute Gasteiger partial charge is 0.493 e. The van der Waals surface area contributed by atoms with Gasteiger partial charge in [0.05, 0.1) is 6.61 Å². The molecule has 30 heavy (non-hydrogen) atoms. The van der Waals surface area contributed by atoms with Crippen LogP contribution in [-0.2, 0) is 22.4 Å². The maximum atomic E-state index is 12.8. The molecule has 2 aromatic rings. The summed E-state index contributed by atoms with van der Waals surface area (Å²) in [6.07, 6.45) is 7.30. The molecule has 0 atom stereocenters. The summed E-state index contributed by atoms with van der Waals surface area (Å²) in [6.45, 7) is 5.56. The number of ether oxygens (including phenoxy) is 1. The molecule has 0 unspecified atom stereocenters. The van der Waals surface area contributed by atoms with Crippen molar-refractivity contribution in [3.05, 3.63) is 35.1 Å². The Morgan fingerprint density at radius 2 is 1.97 bits per heavy atom. The number of carbonyl (C=O) groups excluding carboxylic acids is 2. The van der Waals surface area contributed by atoms with Gasteiger partial charge in [0, 0.05) is 54.1 Å². The Kier molecular flexibility index (Phi) is 5.84. The normalized spacial score (nSPS) is 17.8. The number of hydrogen-bond donors (Lipinski definition) is 1. The van der Waals surface area contributed by atoms with E-state index in [1.54, 1.807) is 11.0 Å². The molecule has 2 N–H and O–H groups in total. The Balaban J connectivity index is 1.62. The summed E-state index contributed by atoms with van der Waals surface area (Å²) in [6, 6.07) is 4.08. The molecule has 0 radical (unpaired) electrons. The van der Waals surface area contributed by atoms with Gasteiger partial charge in [0.15, 0.2) is 0 Å². The molecular formula is C24H30N2O4. The predicted octanol–water partition coefficient (Wildman–Crippen LogP) is 3.84. The summed E-state index contributed by atoms with van der Waals surface area (Å²) in [7, 11) is 0. The number of piperidine rings is 1. The number of nitrogens with zero attached hydrogens (tertiary/aromatic N) is 1. The molecule has 1 fully saturated rings. The monoisotopic (exact) mass is 410 g/mol. The van der Waals surface area contributed by atoms with Gasteiger partial charge in [-0.3, -0.25) is 9.59 Å². The van der Waals surface area contributed by atoms with Crippen LogP contribution in [0.1, 0.15) is 56.4 Å². The molecule has 6 nitrogen and oxygen atoms in total. The summed E-state index contributed by atoms with van der Waals surface area (Å²) >= 11 is 0. The van der Waals surface area contributed by atoms with Crippen molar-refractivity contribution in [1.29, 1.82) is 0 Å². The van der Waals surface area contributed by atoms with E-state index < -0.39 is 0 Å². The van der Waals surface area contributed by atoms with E-state index in [9.17, 15) is 9.59 Å². The highest BCUT2D eigenvalue weighted by Crippen LogP contribution is 2.38. The lowest BCUT2D eigenvalue weighted by molar-refractivity contribution is -0.130. The fourth-order valence-electron chi connectivity index (χ4n) is 4.61. The molecule has 2 amide bonds. The lowest BCUT2D eigenvalue weighted by Crippen LogP contribution is -2.41. The Morgan fingerprint density at radius 1 is 1.23 bits per heavy atom. The van der Waals surface area contributed by atoms with Crippen molar-refractivity contribution in [3.63, 3.8) is 0 Å². The van der Waals surface area contributed by atoms with Crippen molar-refractivity contribution < 1.29 is 18.7 Å². The third-order valence-corrected chi connectivity index (χ3v) is 6.33. The van der Waals surface area contributed by atoms with E-state index in [4.69, 9.17) is 14.9 Å². The van der Waals surface area contributed by atoms with Crippen LogP contribution in [0.4, 0.5) is 0 Å². The average molecular weight is 411 g/mol. The number of fused-ring (bicyclic) bond motifs is 3. The third kappa shape index (κ3) is 3.95. The molecule has 1 aliphatic carbocycles. The second-order valence-corrected chi connectivity index (χ2v) is 8.32. The minimum absolute atomic E-state index is 0.0350. The highest BCUT2D eigenvalue weighted by atomic mass is 16.5. The number of hydrogen-bond acceptors (Lipinski definition) is 4. The highest BCUT2D eigenvalue weighted by molar-refractivity contribution is 5.97. The van der Waals surface area contributed by atoms with E-state index in [2.05, 4.69) is 6.07 Å². The molecule has 2 aliphatic rings. The lowest BCUT2D eigenvalue weighted by atomic mass is 9.94. The number of nitrogens with two attached hydrogens (primary N) is 1. The molecule has 0 spiro atoms. The van der Waals surface area contributed by atoms with Crippen LogP contribution in [0.2, 0.25) is 0 Å². The fourth-order valence-corrected chi connectivity index (χ4v) is 4.61. The van der Waals surface area contributed by atoms with Gasteiger partial charge in [-0.1, -0.05) is 0 Å². The second-order valence-electron chi connectivity index (χ2n) is 8.32. The first-order valence-corrected chi connectivity index (χ1v) is 11.0. The van der Waals surface area contributed by atoms with E-state index in [1.165, 1.54) is 12.0 Å². The van der Waals surface area contributed by atoms with Crippen molar-refractivity contribution in [3.8, 4) is 5.75 Å². The first kappa shape index (κ1) is 20.5. The summed E-state index contributed by atoms with van der Waals surface area (Å²) in [4.78, 5) is 26.0. The number of rotatable bonds is 5. The first-order valence-electron chi connectivity index (χ1n) is 11.0. The van der Waals surface area contributed by atoms with Gasteiger partial charge in [-0.05, 0) is 57.6 Å². The molecule has 1 saturated heterocycles. The quantitative estimate of drug-likeness (QED) is 0.759.